The lowest BCUT2D eigenvalue weighted by molar-refractivity contribution is -0.00614. The Balaban J connectivity index is 1.74. The second-order valence-corrected chi connectivity index (χ2v) is 5.72. The van der Waals surface area contributed by atoms with Crippen LogP contribution in [0.4, 0.5) is 10.2 Å². The number of halogens is 1. The first-order chi connectivity index (χ1) is 13.2. The quantitative estimate of drug-likeness (QED) is 0.590. The van der Waals surface area contributed by atoms with Gasteiger partial charge in [0.1, 0.15) is 5.69 Å². The van der Waals surface area contributed by atoms with Crippen LogP contribution in [0.1, 0.15) is 10.5 Å². The number of para-hydroxylation sites is 1. The van der Waals surface area contributed by atoms with Gasteiger partial charge in [0.05, 0.1) is 23.1 Å². The summed E-state index contributed by atoms with van der Waals surface area (Å²) in [6.07, 6.45) is 4.34. The van der Waals surface area contributed by atoms with Crippen molar-refractivity contribution in [3.63, 3.8) is 0 Å². The number of hydrogen-bond donors (Lipinski definition) is 1. The lowest BCUT2D eigenvalue weighted by atomic mass is 10.1. The Bertz CT molecular complexity index is 1120. The standard InChI is InChI=1S/C20H13FN4O2/c21-27-15-5-1-4-14(11-15)16-8-7-13-3-2-6-17(19(13)24-16)25-20(26)18-12-22-9-10-23-18/h1-12H,(H,25,26). The van der Waals surface area contributed by atoms with Gasteiger partial charge in [-0.15, -0.1) is 0 Å². The lowest BCUT2D eigenvalue weighted by Crippen LogP contribution is -2.14. The number of pyridine rings is 1. The van der Waals surface area contributed by atoms with Gasteiger partial charge in [0.2, 0.25) is 0 Å². The van der Waals surface area contributed by atoms with Gasteiger partial charge >= 0.3 is 0 Å². The first kappa shape index (κ1) is 16.6. The van der Waals surface area contributed by atoms with E-state index in [0.29, 0.717) is 22.5 Å². The Hall–Kier alpha value is -3.87. The number of rotatable bonds is 4. The number of nitrogens with zero attached hydrogens (tertiary/aromatic N) is 3. The number of hydrogen-bond acceptors (Lipinski definition) is 5. The van der Waals surface area contributed by atoms with Crippen molar-refractivity contribution in [2.24, 2.45) is 0 Å². The van der Waals surface area contributed by atoms with Gasteiger partial charge in [-0.05, 0) is 24.3 Å². The van der Waals surface area contributed by atoms with Crippen molar-refractivity contribution >= 4 is 22.5 Å². The van der Waals surface area contributed by atoms with Crippen LogP contribution in [0.15, 0.2) is 73.2 Å². The van der Waals surface area contributed by atoms with E-state index in [0.717, 1.165) is 5.39 Å². The summed E-state index contributed by atoms with van der Waals surface area (Å²) >= 11 is 0. The molecular weight excluding hydrogens is 347 g/mol. The van der Waals surface area contributed by atoms with Crippen molar-refractivity contribution in [1.29, 1.82) is 0 Å². The first-order valence-corrected chi connectivity index (χ1v) is 8.11. The van der Waals surface area contributed by atoms with Crippen molar-refractivity contribution in [2.45, 2.75) is 0 Å². The molecule has 0 aliphatic rings. The van der Waals surface area contributed by atoms with E-state index in [1.807, 2.05) is 24.3 Å². The highest BCUT2D eigenvalue weighted by Crippen LogP contribution is 2.28. The minimum Gasteiger partial charge on any atom is -0.319 e. The van der Waals surface area contributed by atoms with Crippen molar-refractivity contribution in [1.82, 2.24) is 15.0 Å². The summed E-state index contributed by atoms with van der Waals surface area (Å²) in [5.41, 5.74) is 2.69. The van der Waals surface area contributed by atoms with Gasteiger partial charge < -0.3 is 5.32 Å². The number of benzene rings is 2. The molecule has 132 valence electrons. The van der Waals surface area contributed by atoms with Gasteiger partial charge in [0.15, 0.2) is 5.75 Å². The monoisotopic (exact) mass is 360 g/mol. The highest BCUT2D eigenvalue weighted by atomic mass is 19.3. The third-order valence-corrected chi connectivity index (χ3v) is 3.98. The molecule has 1 amide bonds. The highest BCUT2D eigenvalue weighted by molar-refractivity contribution is 6.07. The molecule has 0 radical (unpaired) electrons. The van der Waals surface area contributed by atoms with Gasteiger partial charge in [-0.3, -0.25) is 14.7 Å². The Morgan fingerprint density at radius 1 is 1.04 bits per heavy atom. The Kier molecular flexibility index (Phi) is 4.40. The minimum atomic E-state index is -0.379. The fourth-order valence-electron chi connectivity index (χ4n) is 2.71. The maximum atomic E-state index is 12.5. The van der Waals surface area contributed by atoms with E-state index in [4.69, 9.17) is 0 Å². The van der Waals surface area contributed by atoms with Crippen LogP contribution in [0.5, 0.6) is 5.75 Å². The normalized spacial score (nSPS) is 10.6. The zero-order valence-electron chi connectivity index (χ0n) is 14.0. The van der Waals surface area contributed by atoms with Crippen molar-refractivity contribution in [3.8, 4) is 17.0 Å². The Labute approximate surface area is 153 Å². The third-order valence-electron chi connectivity index (χ3n) is 3.98. The van der Waals surface area contributed by atoms with Gasteiger partial charge in [-0.1, -0.05) is 30.3 Å². The largest absolute Gasteiger partial charge is 0.319 e. The smallest absolute Gasteiger partial charge is 0.275 e. The number of fused-ring (bicyclic) bond motifs is 1. The van der Waals surface area contributed by atoms with E-state index in [-0.39, 0.29) is 17.4 Å². The fraction of sp³-hybridized carbons (Fsp3) is 0. The topological polar surface area (TPSA) is 77.0 Å². The van der Waals surface area contributed by atoms with E-state index in [9.17, 15) is 9.32 Å². The number of nitrogens with one attached hydrogen (secondary N) is 1. The predicted molar refractivity (Wildman–Crippen MR) is 98.9 cm³/mol. The van der Waals surface area contributed by atoms with Gasteiger partial charge in [0, 0.05) is 27.9 Å². The summed E-state index contributed by atoms with van der Waals surface area (Å²) in [6, 6.07) is 15.7. The second kappa shape index (κ2) is 7.17. The van der Waals surface area contributed by atoms with Crippen LogP contribution in [0.3, 0.4) is 0 Å². The summed E-state index contributed by atoms with van der Waals surface area (Å²) in [5.74, 6) is -0.283. The maximum Gasteiger partial charge on any atom is 0.275 e. The molecule has 27 heavy (non-hydrogen) atoms. The number of aromatic nitrogens is 3. The zero-order chi connectivity index (χ0) is 18.6. The number of amides is 1. The van der Waals surface area contributed by atoms with Crippen LogP contribution < -0.4 is 10.3 Å². The molecule has 0 saturated heterocycles. The molecule has 0 atom stereocenters. The molecule has 0 bridgehead atoms. The summed E-state index contributed by atoms with van der Waals surface area (Å²) in [5, 5.41) is 3.67. The summed E-state index contributed by atoms with van der Waals surface area (Å²) in [4.78, 5) is 28.7. The Morgan fingerprint density at radius 3 is 2.74 bits per heavy atom. The minimum absolute atomic E-state index is 0.0960. The van der Waals surface area contributed by atoms with Crippen LogP contribution in [0.25, 0.3) is 22.2 Å². The Morgan fingerprint density at radius 2 is 1.93 bits per heavy atom. The average Bonchev–Trinajstić information content (AvgIpc) is 2.74. The van der Waals surface area contributed by atoms with Crippen LogP contribution >= 0.6 is 0 Å². The molecule has 1 N–H and O–H groups in total. The van der Waals surface area contributed by atoms with Crippen LogP contribution in [-0.2, 0) is 0 Å². The lowest BCUT2D eigenvalue weighted by Gasteiger charge is -2.09. The van der Waals surface area contributed by atoms with Gasteiger partial charge in [0.25, 0.3) is 5.91 Å². The molecule has 2 aromatic carbocycles. The van der Waals surface area contributed by atoms with Gasteiger partial charge in [-0.2, -0.15) is 0 Å². The van der Waals surface area contributed by atoms with Crippen molar-refractivity contribution in [3.05, 3.63) is 78.9 Å². The molecule has 0 unspecified atom stereocenters. The molecule has 0 aliphatic carbocycles. The molecular formula is C20H13FN4O2. The van der Waals surface area contributed by atoms with Crippen LogP contribution in [-0.4, -0.2) is 20.9 Å². The molecule has 2 heterocycles. The molecule has 0 aliphatic heterocycles. The number of carbonyl (C=O) groups is 1. The molecule has 4 aromatic rings. The van der Waals surface area contributed by atoms with Gasteiger partial charge in [-0.25, -0.2) is 9.97 Å². The number of carbonyl (C=O) groups excluding carboxylic acids is 1. The van der Waals surface area contributed by atoms with Crippen LogP contribution in [0.2, 0.25) is 0 Å². The molecule has 7 heteroatoms. The molecule has 0 saturated carbocycles. The molecule has 0 fully saturated rings. The zero-order valence-corrected chi connectivity index (χ0v) is 14.0. The molecule has 4 rings (SSSR count). The van der Waals surface area contributed by atoms with E-state index in [1.165, 1.54) is 24.7 Å². The molecule has 2 aromatic heterocycles. The second-order valence-electron chi connectivity index (χ2n) is 5.72. The van der Waals surface area contributed by atoms with E-state index >= 15 is 0 Å². The maximum absolute atomic E-state index is 12.5. The predicted octanol–water partition coefficient (Wildman–Crippen LogP) is 4.21. The summed E-state index contributed by atoms with van der Waals surface area (Å²) in [7, 11) is 0. The van der Waals surface area contributed by atoms with E-state index in [2.05, 4.69) is 25.2 Å². The fourth-order valence-corrected chi connectivity index (χ4v) is 2.71. The SMILES string of the molecule is O=C(Nc1cccc2ccc(-c3cccc(OF)c3)nc12)c1cnccn1. The third kappa shape index (κ3) is 3.43. The highest BCUT2D eigenvalue weighted by Gasteiger charge is 2.11. The van der Waals surface area contributed by atoms with E-state index in [1.54, 1.807) is 24.3 Å². The van der Waals surface area contributed by atoms with Crippen LogP contribution in [0, 0.1) is 0 Å². The molecule has 6 nitrogen and oxygen atoms in total. The first-order valence-electron chi connectivity index (χ1n) is 8.11. The summed E-state index contributed by atoms with van der Waals surface area (Å²) < 4.78 is 12.5. The van der Waals surface area contributed by atoms with Crippen molar-refractivity contribution < 1.29 is 14.3 Å². The van der Waals surface area contributed by atoms with Crippen molar-refractivity contribution in [2.75, 3.05) is 5.32 Å². The average molecular weight is 360 g/mol. The summed E-state index contributed by atoms with van der Waals surface area (Å²) in [6.45, 7) is 0. The molecule has 0 spiro atoms. The van der Waals surface area contributed by atoms with E-state index < -0.39 is 0 Å². The number of anilines is 1.